The van der Waals surface area contributed by atoms with Crippen molar-refractivity contribution >= 4 is 11.7 Å². The van der Waals surface area contributed by atoms with E-state index in [4.69, 9.17) is 5.73 Å². The number of allylic oxidation sites excluding steroid dienone is 3. The second-order valence-electron chi connectivity index (χ2n) is 5.69. The van der Waals surface area contributed by atoms with Crippen LogP contribution < -0.4 is 11.1 Å². The first-order valence-electron chi connectivity index (χ1n) is 7.72. The molecule has 2 atom stereocenters. The number of hydrogen-bond acceptors (Lipinski definition) is 4. The fourth-order valence-corrected chi connectivity index (χ4v) is 2.70. The van der Waals surface area contributed by atoms with Gasteiger partial charge >= 0.3 is 0 Å². The lowest BCUT2D eigenvalue weighted by Gasteiger charge is -2.37. The Morgan fingerprint density at radius 1 is 1.48 bits per heavy atom. The lowest BCUT2D eigenvalue weighted by atomic mass is 9.75. The van der Waals surface area contributed by atoms with Crippen LogP contribution in [0.5, 0.6) is 0 Å². The molecule has 0 aliphatic carbocycles. The zero-order chi connectivity index (χ0) is 17.0. The van der Waals surface area contributed by atoms with Crippen LogP contribution in [0.25, 0.3) is 0 Å². The molecule has 122 valence electrons. The van der Waals surface area contributed by atoms with Crippen molar-refractivity contribution in [1.82, 2.24) is 4.98 Å². The number of fused-ring (bicyclic) bond motifs is 1. The number of rotatable bonds is 5. The van der Waals surface area contributed by atoms with E-state index < -0.39 is 11.5 Å². The first kappa shape index (κ1) is 17.0. The highest BCUT2D eigenvalue weighted by Crippen LogP contribution is 2.43. The normalized spacial score (nSPS) is 21.8. The van der Waals surface area contributed by atoms with Gasteiger partial charge in [0.25, 0.3) is 0 Å². The number of carbonyl (C=O) groups excluding carboxylic acids is 1. The van der Waals surface area contributed by atoms with Gasteiger partial charge < -0.3 is 16.2 Å². The first-order valence-corrected chi connectivity index (χ1v) is 7.72. The van der Waals surface area contributed by atoms with Crippen molar-refractivity contribution in [2.45, 2.75) is 32.8 Å². The summed E-state index contributed by atoms with van der Waals surface area (Å²) in [5, 5.41) is 14.3. The molecule has 0 bridgehead atoms. The van der Waals surface area contributed by atoms with E-state index in [1.165, 1.54) is 6.20 Å². The SMILES string of the molecule is CC/C=C/C=C/C(C)C1(O)C(C(N)=O)=CNc2nc(C)ccc21. The molecule has 1 aliphatic rings. The number of hydrogen-bond donors (Lipinski definition) is 3. The molecule has 2 rings (SSSR count). The van der Waals surface area contributed by atoms with Crippen LogP contribution in [0.15, 0.2) is 48.2 Å². The first-order chi connectivity index (χ1) is 10.9. The number of anilines is 1. The van der Waals surface area contributed by atoms with Gasteiger partial charge in [-0.25, -0.2) is 4.98 Å². The highest BCUT2D eigenvalue weighted by molar-refractivity contribution is 5.96. The van der Waals surface area contributed by atoms with Gasteiger partial charge in [0.1, 0.15) is 11.4 Å². The Hall–Kier alpha value is -2.40. The molecule has 2 heterocycles. The monoisotopic (exact) mass is 313 g/mol. The number of aromatic nitrogens is 1. The average molecular weight is 313 g/mol. The van der Waals surface area contributed by atoms with Gasteiger partial charge in [0.05, 0.1) is 5.57 Å². The third-order valence-electron chi connectivity index (χ3n) is 4.02. The summed E-state index contributed by atoms with van der Waals surface area (Å²) in [6.45, 7) is 5.77. The Labute approximate surface area is 136 Å². The molecule has 0 fully saturated rings. The summed E-state index contributed by atoms with van der Waals surface area (Å²) < 4.78 is 0. The standard InChI is InChI=1S/C18H23N3O2/c1-4-5-6-7-8-12(2)18(23)14-10-9-13(3)21-17(14)20-11-15(18)16(19)22/h5-12,23H,4H2,1-3H3,(H2,19,22)(H,20,21)/b6-5+,8-7+. The molecule has 4 N–H and O–H groups in total. The maximum absolute atomic E-state index is 11.8. The van der Waals surface area contributed by atoms with Gasteiger partial charge in [-0.1, -0.05) is 44.2 Å². The highest BCUT2D eigenvalue weighted by atomic mass is 16.3. The Morgan fingerprint density at radius 2 is 2.22 bits per heavy atom. The molecule has 0 saturated carbocycles. The third kappa shape index (κ3) is 3.19. The van der Waals surface area contributed by atoms with Crippen molar-refractivity contribution < 1.29 is 9.90 Å². The molecular weight excluding hydrogens is 290 g/mol. The van der Waals surface area contributed by atoms with Crippen molar-refractivity contribution in [3.63, 3.8) is 0 Å². The molecule has 1 aromatic rings. The van der Waals surface area contributed by atoms with Gasteiger partial charge in [0.2, 0.25) is 5.91 Å². The Bertz CT molecular complexity index is 692. The molecule has 0 radical (unpaired) electrons. The van der Waals surface area contributed by atoms with Crippen LogP contribution in [0, 0.1) is 12.8 Å². The fraction of sp³-hybridized carbons (Fsp3) is 0.333. The van der Waals surface area contributed by atoms with Crippen LogP contribution in [-0.4, -0.2) is 16.0 Å². The molecule has 1 aromatic heterocycles. The van der Waals surface area contributed by atoms with Crippen LogP contribution in [0.2, 0.25) is 0 Å². The predicted octanol–water partition coefficient (Wildman–Crippen LogP) is 2.53. The summed E-state index contributed by atoms with van der Waals surface area (Å²) in [7, 11) is 0. The van der Waals surface area contributed by atoms with Gasteiger partial charge in [-0.05, 0) is 19.4 Å². The molecule has 1 amide bonds. The second kappa shape index (κ2) is 6.79. The van der Waals surface area contributed by atoms with E-state index in [0.29, 0.717) is 11.4 Å². The van der Waals surface area contributed by atoms with E-state index in [0.717, 1.165) is 12.1 Å². The lowest BCUT2D eigenvalue weighted by Crippen LogP contribution is -2.43. The summed E-state index contributed by atoms with van der Waals surface area (Å²) in [4.78, 5) is 16.2. The van der Waals surface area contributed by atoms with Crippen molar-refractivity contribution in [1.29, 1.82) is 0 Å². The minimum atomic E-state index is -1.51. The van der Waals surface area contributed by atoms with Crippen molar-refractivity contribution in [2.75, 3.05) is 5.32 Å². The molecule has 5 heteroatoms. The molecule has 0 aromatic carbocycles. The zero-order valence-electron chi connectivity index (χ0n) is 13.7. The van der Waals surface area contributed by atoms with Crippen molar-refractivity contribution in [3.8, 4) is 0 Å². The number of nitrogens with zero attached hydrogens (tertiary/aromatic N) is 1. The number of aliphatic hydroxyl groups is 1. The number of pyridine rings is 1. The second-order valence-corrected chi connectivity index (χ2v) is 5.69. The van der Waals surface area contributed by atoms with Crippen molar-refractivity contribution in [2.24, 2.45) is 11.7 Å². The molecule has 2 unspecified atom stereocenters. The fourth-order valence-electron chi connectivity index (χ4n) is 2.70. The number of primary amides is 1. The average Bonchev–Trinajstić information content (AvgIpc) is 2.50. The Kier molecular flexibility index (Phi) is 5.01. The van der Waals surface area contributed by atoms with E-state index in [1.807, 2.05) is 51.1 Å². The number of amides is 1. The van der Waals surface area contributed by atoms with Crippen LogP contribution in [0.1, 0.15) is 31.5 Å². The number of nitrogens with two attached hydrogens (primary N) is 1. The smallest absolute Gasteiger partial charge is 0.249 e. The predicted molar refractivity (Wildman–Crippen MR) is 91.5 cm³/mol. The molecular formula is C18H23N3O2. The van der Waals surface area contributed by atoms with Gasteiger partial charge in [0.15, 0.2) is 0 Å². The summed E-state index contributed by atoms with van der Waals surface area (Å²) in [6.07, 6.45) is 10.0. The van der Waals surface area contributed by atoms with E-state index in [9.17, 15) is 9.90 Å². The van der Waals surface area contributed by atoms with Gasteiger partial charge in [0, 0.05) is 23.4 Å². The maximum atomic E-state index is 11.8. The van der Waals surface area contributed by atoms with Gasteiger partial charge in [-0.2, -0.15) is 0 Å². The van der Waals surface area contributed by atoms with E-state index >= 15 is 0 Å². The van der Waals surface area contributed by atoms with Crippen LogP contribution in [-0.2, 0) is 10.4 Å². The van der Waals surface area contributed by atoms with E-state index in [2.05, 4.69) is 10.3 Å². The molecule has 0 spiro atoms. The van der Waals surface area contributed by atoms with Crippen LogP contribution >= 0.6 is 0 Å². The number of carbonyl (C=O) groups is 1. The summed E-state index contributed by atoms with van der Waals surface area (Å²) in [5.74, 6) is -0.467. The summed E-state index contributed by atoms with van der Waals surface area (Å²) in [6, 6.07) is 3.59. The lowest BCUT2D eigenvalue weighted by molar-refractivity contribution is -0.117. The van der Waals surface area contributed by atoms with Crippen LogP contribution in [0.4, 0.5) is 5.82 Å². The Balaban J connectivity index is 2.50. The topological polar surface area (TPSA) is 88.2 Å². The number of aryl methyl sites for hydroxylation is 1. The maximum Gasteiger partial charge on any atom is 0.249 e. The van der Waals surface area contributed by atoms with E-state index in [-0.39, 0.29) is 11.5 Å². The van der Waals surface area contributed by atoms with Gasteiger partial charge in [-0.3, -0.25) is 4.79 Å². The zero-order valence-corrected chi connectivity index (χ0v) is 13.7. The van der Waals surface area contributed by atoms with E-state index in [1.54, 1.807) is 6.07 Å². The molecule has 23 heavy (non-hydrogen) atoms. The third-order valence-corrected chi connectivity index (χ3v) is 4.02. The molecule has 0 saturated heterocycles. The highest BCUT2D eigenvalue weighted by Gasteiger charge is 2.45. The Morgan fingerprint density at radius 3 is 2.87 bits per heavy atom. The minimum absolute atomic E-state index is 0.132. The van der Waals surface area contributed by atoms with Crippen LogP contribution in [0.3, 0.4) is 0 Å². The largest absolute Gasteiger partial charge is 0.379 e. The molecule has 1 aliphatic heterocycles. The number of nitrogens with one attached hydrogen (secondary N) is 1. The van der Waals surface area contributed by atoms with Gasteiger partial charge in [-0.15, -0.1) is 0 Å². The minimum Gasteiger partial charge on any atom is -0.379 e. The quantitative estimate of drug-likeness (QED) is 0.729. The molecule has 5 nitrogen and oxygen atoms in total. The van der Waals surface area contributed by atoms with Crippen molar-refractivity contribution in [3.05, 3.63) is 59.5 Å². The summed E-state index contributed by atoms with van der Waals surface area (Å²) >= 11 is 0. The summed E-state index contributed by atoms with van der Waals surface area (Å²) in [5.41, 5.74) is 5.47.